The molecule has 0 saturated heterocycles. The van der Waals surface area contributed by atoms with E-state index in [4.69, 9.17) is 16.3 Å². The summed E-state index contributed by atoms with van der Waals surface area (Å²) in [5, 5.41) is 16.3. The highest BCUT2D eigenvalue weighted by atomic mass is 79.9. The summed E-state index contributed by atoms with van der Waals surface area (Å²) in [6, 6.07) is 13.2. The highest BCUT2D eigenvalue weighted by Gasteiger charge is 2.15. The Hall–Kier alpha value is -3.08. The van der Waals surface area contributed by atoms with Crippen molar-refractivity contribution in [2.24, 2.45) is 0 Å². The number of hydrogen-bond acceptors (Lipinski definition) is 5. The van der Waals surface area contributed by atoms with Crippen LogP contribution >= 0.6 is 27.5 Å². The van der Waals surface area contributed by atoms with Crippen molar-refractivity contribution < 1.29 is 9.53 Å². The maximum atomic E-state index is 12.1. The lowest BCUT2D eigenvalue weighted by atomic mass is 10.1. The SMILES string of the molecule is COc1cc2ncc(C#N)c(Nc3cccc(Br)c3)c2cc1NC(=O)/C=C/CCl. The number of hydrogen-bond donors (Lipinski definition) is 2. The van der Waals surface area contributed by atoms with Crippen LogP contribution in [0.1, 0.15) is 5.56 Å². The minimum absolute atomic E-state index is 0.235. The third kappa shape index (κ3) is 4.86. The molecule has 0 unspecified atom stereocenters. The van der Waals surface area contributed by atoms with Gasteiger partial charge in [-0.1, -0.05) is 28.1 Å². The van der Waals surface area contributed by atoms with Crippen molar-refractivity contribution >= 4 is 61.4 Å². The van der Waals surface area contributed by atoms with E-state index in [0.717, 1.165) is 10.2 Å². The van der Waals surface area contributed by atoms with Crippen molar-refractivity contribution in [3.63, 3.8) is 0 Å². The lowest BCUT2D eigenvalue weighted by Gasteiger charge is -2.15. The van der Waals surface area contributed by atoms with Crippen LogP contribution < -0.4 is 15.4 Å². The lowest BCUT2D eigenvalue weighted by molar-refractivity contribution is -0.111. The summed E-state index contributed by atoms with van der Waals surface area (Å²) in [6.07, 6.45) is 4.39. The van der Waals surface area contributed by atoms with Gasteiger partial charge in [0, 0.05) is 39.8 Å². The Labute approximate surface area is 181 Å². The zero-order chi connectivity index (χ0) is 20.8. The molecule has 8 heteroatoms. The number of ether oxygens (including phenoxy) is 1. The Balaban J connectivity index is 2.13. The summed E-state index contributed by atoms with van der Waals surface area (Å²) in [5.41, 5.74) is 2.84. The van der Waals surface area contributed by atoms with Crippen molar-refractivity contribution in [2.75, 3.05) is 23.6 Å². The second kappa shape index (κ2) is 9.41. The molecule has 2 N–H and O–H groups in total. The van der Waals surface area contributed by atoms with Crippen molar-refractivity contribution in [1.82, 2.24) is 4.98 Å². The molecule has 0 saturated carbocycles. The summed E-state index contributed by atoms with van der Waals surface area (Å²) in [7, 11) is 1.51. The predicted octanol–water partition coefficient (Wildman–Crippen LogP) is 5.35. The number of allylic oxidation sites excluding steroid dienone is 1. The first kappa shape index (κ1) is 20.6. The Morgan fingerprint density at radius 3 is 2.90 bits per heavy atom. The number of methoxy groups -OCH3 is 1. The second-order valence-electron chi connectivity index (χ2n) is 5.91. The smallest absolute Gasteiger partial charge is 0.248 e. The second-order valence-corrected chi connectivity index (χ2v) is 7.13. The van der Waals surface area contributed by atoms with E-state index in [0.29, 0.717) is 33.6 Å². The summed E-state index contributed by atoms with van der Waals surface area (Å²) < 4.78 is 6.30. The topological polar surface area (TPSA) is 87.0 Å². The first-order valence-electron chi connectivity index (χ1n) is 8.52. The first-order valence-corrected chi connectivity index (χ1v) is 9.85. The molecule has 6 nitrogen and oxygen atoms in total. The van der Waals surface area contributed by atoms with Crippen LogP contribution in [0.3, 0.4) is 0 Å². The molecule has 0 aliphatic heterocycles. The summed E-state index contributed by atoms with van der Waals surface area (Å²) >= 11 is 9.03. The summed E-state index contributed by atoms with van der Waals surface area (Å²) in [5.74, 6) is 0.350. The van der Waals surface area contributed by atoms with Gasteiger partial charge in [-0.2, -0.15) is 5.26 Å². The zero-order valence-corrected chi connectivity index (χ0v) is 17.7. The van der Waals surface area contributed by atoms with Crippen LogP contribution in [0.25, 0.3) is 10.9 Å². The van der Waals surface area contributed by atoms with Gasteiger partial charge in [-0.15, -0.1) is 11.6 Å². The monoisotopic (exact) mass is 470 g/mol. The molecule has 29 heavy (non-hydrogen) atoms. The largest absolute Gasteiger partial charge is 0.494 e. The third-order valence-electron chi connectivity index (χ3n) is 4.02. The number of fused-ring (bicyclic) bond motifs is 1. The number of carbonyl (C=O) groups excluding carboxylic acids is 1. The number of nitrogens with zero attached hydrogens (tertiary/aromatic N) is 2. The van der Waals surface area contributed by atoms with Gasteiger partial charge in [0.05, 0.1) is 29.6 Å². The van der Waals surface area contributed by atoms with Gasteiger partial charge in [0.2, 0.25) is 5.91 Å². The Morgan fingerprint density at radius 2 is 2.21 bits per heavy atom. The van der Waals surface area contributed by atoms with Crippen LogP contribution in [-0.4, -0.2) is 23.9 Å². The predicted molar refractivity (Wildman–Crippen MR) is 119 cm³/mol. The van der Waals surface area contributed by atoms with Crippen LogP contribution in [-0.2, 0) is 4.79 Å². The molecule has 1 aromatic heterocycles. The number of aromatic nitrogens is 1. The number of carbonyl (C=O) groups is 1. The molecule has 1 amide bonds. The summed E-state index contributed by atoms with van der Waals surface area (Å²) in [4.78, 5) is 16.5. The molecule has 1 heterocycles. The molecule has 0 fully saturated rings. The van der Waals surface area contributed by atoms with Crippen molar-refractivity contribution in [3.8, 4) is 11.8 Å². The van der Waals surface area contributed by atoms with E-state index in [1.807, 2.05) is 24.3 Å². The molecule has 0 aliphatic carbocycles. The van der Waals surface area contributed by atoms with Crippen LogP contribution in [0, 0.1) is 11.3 Å². The van der Waals surface area contributed by atoms with Gasteiger partial charge in [0.15, 0.2) is 0 Å². The maximum absolute atomic E-state index is 12.1. The molecule has 0 atom stereocenters. The van der Waals surface area contributed by atoms with Crippen LogP contribution in [0.15, 0.2) is 59.2 Å². The minimum Gasteiger partial charge on any atom is -0.494 e. The van der Waals surface area contributed by atoms with E-state index in [1.165, 1.54) is 19.4 Å². The van der Waals surface area contributed by atoms with Gasteiger partial charge >= 0.3 is 0 Å². The van der Waals surface area contributed by atoms with E-state index >= 15 is 0 Å². The highest BCUT2D eigenvalue weighted by molar-refractivity contribution is 9.10. The van der Waals surface area contributed by atoms with E-state index in [9.17, 15) is 10.1 Å². The quantitative estimate of drug-likeness (QED) is 0.373. The Bertz CT molecular complexity index is 1140. The molecule has 0 radical (unpaired) electrons. The molecule has 2 aromatic carbocycles. The van der Waals surface area contributed by atoms with Crippen molar-refractivity contribution in [1.29, 1.82) is 5.26 Å². The van der Waals surface area contributed by atoms with Crippen LogP contribution in [0.5, 0.6) is 5.75 Å². The van der Waals surface area contributed by atoms with Gasteiger partial charge in [0.1, 0.15) is 11.8 Å². The van der Waals surface area contributed by atoms with E-state index in [2.05, 4.69) is 37.6 Å². The normalized spacial score (nSPS) is 10.7. The van der Waals surface area contributed by atoms with Gasteiger partial charge in [-0.25, -0.2) is 0 Å². The van der Waals surface area contributed by atoms with Gasteiger partial charge in [-0.05, 0) is 24.3 Å². The molecular weight excluding hydrogens is 456 g/mol. The number of anilines is 3. The number of nitrogens with one attached hydrogen (secondary N) is 2. The van der Waals surface area contributed by atoms with Crippen molar-refractivity contribution in [2.45, 2.75) is 0 Å². The highest BCUT2D eigenvalue weighted by Crippen LogP contribution is 2.36. The first-order chi connectivity index (χ1) is 14.0. The molecule has 3 aromatic rings. The average Bonchev–Trinajstić information content (AvgIpc) is 2.72. The van der Waals surface area contributed by atoms with E-state index in [-0.39, 0.29) is 11.8 Å². The fourth-order valence-electron chi connectivity index (χ4n) is 2.74. The number of benzene rings is 2. The third-order valence-corrected chi connectivity index (χ3v) is 4.69. The molecule has 146 valence electrons. The minimum atomic E-state index is -0.339. The van der Waals surface area contributed by atoms with Crippen molar-refractivity contribution in [3.05, 3.63) is 64.8 Å². The van der Waals surface area contributed by atoms with E-state index in [1.54, 1.807) is 18.2 Å². The molecule has 0 aliphatic rings. The van der Waals surface area contributed by atoms with Crippen LogP contribution in [0.2, 0.25) is 0 Å². The van der Waals surface area contributed by atoms with Gasteiger partial charge < -0.3 is 15.4 Å². The number of halogens is 2. The Kier molecular flexibility index (Phi) is 6.70. The summed E-state index contributed by atoms with van der Waals surface area (Å²) in [6.45, 7) is 0. The standard InChI is InChI=1S/C21H16BrClN4O2/c1-29-19-10-17-16(9-18(19)27-20(28)6-3-7-23)21(13(11-24)12-25-17)26-15-5-2-4-14(22)8-15/h2-6,8-10,12H,7H2,1H3,(H,25,26)(H,27,28)/b6-3+. The molecule has 3 rings (SSSR count). The zero-order valence-electron chi connectivity index (χ0n) is 15.4. The van der Waals surface area contributed by atoms with Crippen LogP contribution in [0.4, 0.5) is 17.1 Å². The van der Waals surface area contributed by atoms with Gasteiger partial charge in [-0.3, -0.25) is 9.78 Å². The molecular formula is C21H16BrClN4O2. The maximum Gasteiger partial charge on any atom is 0.248 e. The number of rotatable bonds is 6. The fourth-order valence-corrected chi connectivity index (χ4v) is 3.23. The number of amides is 1. The average molecular weight is 472 g/mol. The number of nitriles is 1. The molecule has 0 bridgehead atoms. The van der Waals surface area contributed by atoms with Gasteiger partial charge in [0.25, 0.3) is 0 Å². The fraction of sp³-hybridized carbons (Fsp3) is 0.0952. The Morgan fingerprint density at radius 1 is 1.38 bits per heavy atom. The lowest BCUT2D eigenvalue weighted by Crippen LogP contribution is -2.09. The number of alkyl halides is 1. The van der Waals surface area contributed by atoms with E-state index < -0.39 is 0 Å². The molecule has 0 spiro atoms. The number of pyridine rings is 1.